The van der Waals surface area contributed by atoms with Gasteiger partial charge in [-0.3, -0.25) is 9.59 Å². The van der Waals surface area contributed by atoms with Crippen molar-refractivity contribution >= 4 is 34.8 Å². The van der Waals surface area contributed by atoms with E-state index in [4.69, 9.17) is 27.9 Å². The summed E-state index contributed by atoms with van der Waals surface area (Å²) in [5.41, 5.74) is 1.48. The summed E-state index contributed by atoms with van der Waals surface area (Å²) in [4.78, 5) is 25.0. The maximum absolute atomic E-state index is 12.8. The lowest BCUT2D eigenvalue weighted by Crippen LogP contribution is -2.30. The van der Waals surface area contributed by atoms with E-state index < -0.39 is 0 Å². The molecule has 0 aliphatic carbocycles. The highest BCUT2D eigenvalue weighted by Gasteiger charge is 2.24. The highest BCUT2D eigenvalue weighted by molar-refractivity contribution is 6.42. The molecule has 1 amide bonds. The number of aromatic nitrogens is 1. The smallest absolute Gasteiger partial charge is 0.261 e. The number of fused-ring (bicyclic) bond motifs is 1. The van der Waals surface area contributed by atoms with E-state index in [0.29, 0.717) is 40.0 Å². The average molecular weight is 367 g/mol. The van der Waals surface area contributed by atoms with Gasteiger partial charge in [0.25, 0.3) is 11.5 Å². The monoisotopic (exact) mass is 366 g/mol. The van der Waals surface area contributed by atoms with Crippen molar-refractivity contribution in [3.63, 3.8) is 0 Å². The van der Waals surface area contributed by atoms with Crippen LogP contribution in [0.25, 0.3) is 0 Å². The Labute approximate surface area is 149 Å². The van der Waals surface area contributed by atoms with Gasteiger partial charge in [0.2, 0.25) is 0 Å². The molecular formula is C17H16Cl2N2O3. The fourth-order valence-corrected chi connectivity index (χ4v) is 3.21. The molecule has 24 heavy (non-hydrogen) atoms. The molecule has 1 aromatic carbocycles. The lowest BCUT2D eigenvalue weighted by molar-refractivity contribution is 0.102. The van der Waals surface area contributed by atoms with Gasteiger partial charge < -0.3 is 14.6 Å². The first-order valence-corrected chi connectivity index (χ1v) is 8.34. The molecule has 1 aromatic heterocycles. The molecule has 1 aliphatic heterocycles. The Kier molecular flexibility index (Phi) is 4.83. The summed E-state index contributed by atoms with van der Waals surface area (Å²) in [5.74, 6) is -0.0541. The van der Waals surface area contributed by atoms with Crippen molar-refractivity contribution in [1.29, 1.82) is 0 Å². The Morgan fingerprint density at radius 3 is 2.71 bits per heavy atom. The van der Waals surface area contributed by atoms with Crippen molar-refractivity contribution in [3.8, 4) is 5.75 Å². The summed E-state index contributed by atoms with van der Waals surface area (Å²) in [7, 11) is 1.45. The predicted octanol–water partition coefficient (Wildman–Crippen LogP) is 3.75. The Morgan fingerprint density at radius 1 is 1.21 bits per heavy atom. The maximum Gasteiger partial charge on any atom is 0.261 e. The third kappa shape index (κ3) is 3.14. The lowest BCUT2D eigenvalue weighted by atomic mass is 10.0. The van der Waals surface area contributed by atoms with E-state index in [1.807, 2.05) is 0 Å². The van der Waals surface area contributed by atoms with E-state index in [-0.39, 0.29) is 17.2 Å². The SMILES string of the molecule is COc1cc(=O)n2c(c1C(=O)Nc1ccc(Cl)c(Cl)c1)CCCC2. The molecule has 2 aromatic rings. The second-order valence-electron chi connectivity index (χ2n) is 5.56. The van der Waals surface area contributed by atoms with Crippen molar-refractivity contribution in [2.75, 3.05) is 12.4 Å². The number of methoxy groups -OCH3 is 1. The molecule has 1 N–H and O–H groups in total. The van der Waals surface area contributed by atoms with Crippen LogP contribution >= 0.6 is 23.2 Å². The Morgan fingerprint density at radius 2 is 2.00 bits per heavy atom. The van der Waals surface area contributed by atoms with Crippen LogP contribution in [0.2, 0.25) is 10.0 Å². The number of ether oxygens (including phenoxy) is 1. The topological polar surface area (TPSA) is 60.3 Å². The van der Waals surface area contributed by atoms with Gasteiger partial charge in [0.1, 0.15) is 11.3 Å². The van der Waals surface area contributed by atoms with Crippen molar-refractivity contribution in [3.05, 3.63) is 55.9 Å². The highest BCUT2D eigenvalue weighted by Crippen LogP contribution is 2.28. The summed E-state index contributed by atoms with van der Waals surface area (Å²) in [6.07, 6.45) is 2.52. The van der Waals surface area contributed by atoms with E-state index in [9.17, 15) is 9.59 Å². The number of nitrogens with zero attached hydrogens (tertiary/aromatic N) is 1. The standard InChI is InChI=1S/C17H16Cl2N2O3/c1-24-14-9-15(22)21-7-3-2-4-13(21)16(14)17(23)20-10-5-6-11(18)12(19)8-10/h5-6,8-9H,2-4,7H2,1H3,(H,20,23). The van der Waals surface area contributed by atoms with Crippen LogP contribution < -0.4 is 15.6 Å². The Hall–Kier alpha value is -1.98. The first-order chi connectivity index (χ1) is 11.5. The summed E-state index contributed by atoms with van der Waals surface area (Å²) in [6, 6.07) is 6.22. The van der Waals surface area contributed by atoms with Crippen molar-refractivity contribution in [2.24, 2.45) is 0 Å². The normalized spacial score (nSPS) is 13.3. The molecule has 126 valence electrons. The fraction of sp³-hybridized carbons (Fsp3) is 0.294. The van der Waals surface area contributed by atoms with Crippen LogP contribution in [0.1, 0.15) is 28.9 Å². The molecule has 0 saturated heterocycles. The minimum Gasteiger partial charge on any atom is -0.496 e. The van der Waals surface area contributed by atoms with Crippen LogP contribution in [-0.2, 0) is 13.0 Å². The van der Waals surface area contributed by atoms with Gasteiger partial charge in [-0.15, -0.1) is 0 Å². The number of benzene rings is 1. The van der Waals surface area contributed by atoms with Crippen molar-refractivity contribution < 1.29 is 9.53 Å². The van der Waals surface area contributed by atoms with Crippen molar-refractivity contribution in [2.45, 2.75) is 25.8 Å². The molecule has 5 nitrogen and oxygen atoms in total. The number of halogens is 2. The van der Waals surface area contributed by atoms with Crippen LogP contribution in [0.4, 0.5) is 5.69 Å². The second-order valence-corrected chi connectivity index (χ2v) is 6.38. The predicted molar refractivity (Wildman–Crippen MR) is 94.6 cm³/mol. The van der Waals surface area contributed by atoms with E-state index in [2.05, 4.69) is 5.32 Å². The quantitative estimate of drug-likeness (QED) is 0.899. The molecule has 0 bridgehead atoms. The molecule has 3 rings (SSSR count). The molecular weight excluding hydrogens is 351 g/mol. The third-order valence-electron chi connectivity index (χ3n) is 4.05. The highest BCUT2D eigenvalue weighted by atomic mass is 35.5. The number of anilines is 1. The number of rotatable bonds is 3. The number of carbonyl (C=O) groups is 1. The van der Waals surface area contributed by atoms with Gasteiger partial charge in [0.15, 0.2) is 0 Å². The van der Waals surface area contributed by atoms with Crippen molar-refractivity contribution in [1.82, 2.24) is 4.57 Å². The Bertz CT molecular complexity index is 862. The summed E-state index contributed by atoms with van der Waals surface area (Å²) in [6.45, 7) is 0.616. The van der Waals surface area contributed by atoms with E-state index >= 15 is 0 Å². The van der Waals surface area contributed by atoms with Gasteiger partial charge in [0, 0.05) is 24.0 Å². The number of nitrogens with one attached hydrogen (secondary N) is 1. The van der Waals surface area contributed by atoms with Crippen LogP contribution in [0, 0.1) is 0 Å². The van der Waals surface area contributed by atoms with E-state index in [1.165, 1.54) is 13.2 Å². The number of amides is 1. The summed E-state index contributed by atoms with van der Waals surface area (Å²) >= 11 is 11.9. The Balaban J connectivity index is 2.02. The molecule has 0 fully saturated rings. The van der Waals surface area contributed by atoms with E-state index in [1.54, 1.807) is 22.8 Å². The van der Waals surface area contributed by atoms with Gasteiger partial charge in [-0.2, -0.15) is 0 Å². The van der Waals surface area contributed by atoms with Crippen LogP contribution in [0.15, 0.2) is 29.1 Å². The largest absolute Gasteiger partial charge is 0.496 e. The maximum atomic E-state index is 12.8. The first kappa shape index (κ1) is 16.9. The lowest BCUT2D eigenvalue weighted by Gasteiger charge is -2.22. The third-order valence-corrected chi connectivity index (χ3v) is 4.79. The molecule has 1 aliphatic rings. The van der Waals surface area contributed by atoms with Gasteiger partial charge in [0.05, 0.1) is 17.2 Å². The molecule has 2 heterocycles. The zero-order valence-corrected chi connectivity index (χ0v) is 14.6. The summed E-state index contributed by atoms with van der Waals surface area (Å²) < 4.78 is 6.92. The molecule has 0 atom stereocenters. The molecule has 0 radical (unpaired) electrons. The zero-order chi connectivity index (χ0) is 17.3. The molecule has 0 unspecified atom stereocenters. The molecule has 7 heteroatoms. The second kappa shape index (κ2) is 6.87. The number of hydrogen-bond donors (Lipinski definition) is 1. The minimum absolute atomic E-state index is 0.146. The van der Waals surface area contributed by atoms with Gasteiger partial charge in [-0.25, -0.2) is 0 Å². The van der Waals surface area contributed by atoms with Crippen LogP contribution in [-0.4, -0.2) is 17.6 Å². The van der Waals surface area contributed by atoms with Gasteiger partial charge in [-0.05, 0) is 37.5 Å². The summed E-state index contributed by atoms with van der Waals surface area (Å²) in [5, 5.41) is 3.56. The fourth-order valence-electron chi connectivity index (χ4n) is 2.91. The van der Waals surface area contributed by atoms with Crippen LogP contribution in [0.3, 0.4) is 0 Å². The molecule has 0 saturated carbocycles. The number of pyridine rings is 1. The van der Waals surface area contributed by atoms with Gasteiger partial charge >= 0.3 is 0 Å². The van der Waals surface area contributed by atoms with Gasteiger partial charge in [-0.1, -0.05) is 23.2 Å². The molecule has 0 spiro atoms. The first-order valence-electron chi connectivity index (χ1n) is 7.58. The average Bonchev–Trinajstić information content (AvgIpc) is 2.58. The number of hydrogen-bond acceptors (Lipinski definition) is 3. The van der Waals surface area contributed by atoms with E-state index in [0.717, 1.165) is 12.8 Å². The zero-order valence-electron chi connectivity index (χ0n) is 13.1. The minimum atomic E-state index is -0.337. The van der Waals surface area contributed by atoms with Crippen LogP contribution in [0.5, 0.6) is 5.75 Å². The number of carbonyl (C=O) groups excluding carboxylic acids is 1.